The Kier molecular flexibility index (Phi) is 5.87. The fourth-order valence-electron chi connectivity index (χ4n) is 2.36. The van der Waals surface area contributed by atoms with Gasteiger partial charge in [-0.1, -0.05) is 13.8 Å². The number of rotatable bonds is 6. The van der Waals surface area contributed by atoms with Crippen molar-refractivity contribution >= 4 is 39.3 Å². The predicted molar refractivity (Wildman–Crippen MR) is 104 cm³/mol. The van der Waals surface area contributed by atoms with Gasteiger partial charge in [-0.25, -0.2) is 9.78 Å². The van der Waals surface area contributed by atoms with Gasteiger partial charge in [0.15, 0.2) is 11.4 Å². The number of amides is 1. The molecule has 0 saturated heterocycles. The number of ether oxygens (including phenoxy) is 1. The van der Waals surface area contributed by atoms with Crippen LogP contribution in [0.1, 0.15) is 13.8 Å². The van der Waals surface area contributed by atoms with Crippen molar-refractivity contribution in [1.82, 2.24) is 19.6 Å². The molecule has 0 aliphatic carbocycles. The fraction of sp³-hybridized carbons (Fsp3) is 0.294. The second-order valence-corrected chi connectivity index (χ2v) is 6.99. The molecular formula is C17H19BrN6O3. The average Bonchev–Trinajstić information content (AvgIpc) is 3.01. The zero-order valence-corrected chi connectivity index (χ0v) is 16.3. The lowest BCUT2D eigenvalue weighted by molar-refractivity contribution is 0.215. The summed E-state index contributed by atoms with van der Waals surface area (Å²) >= 11 is 3.39. The van der Waals surface area contributed by atoms with Crippen LogP contribution in [0, 0.1) is 5.92 Å². The summed E-state index contributed by atoms with van der Waals surface area (Å²) in [6, 6.07) is 4.74. The summed E-state index contributed by atoms with van der Waals surface area (Å²) in [7, 11) is 0. The fourth-order valence-corrected chi connectivity index (χ4v) is 2.70. The first-order valence-electron chi connectivity index (χ1n) is 8.28. The summed E-state index contributed by atoms with van der Waals surface area (Å²) in [6.07, 6.45) is 3.92. The van der Waals surface area contributed by atoms with E-state index in [1.807, 2.05) is 13.8 Å². The molecule has 0 aromatic carbocycles. The normalized spacial score (nSPS) is 12.2. The highest BCUT2D eigenvalue weighted by atomic mass is 79.9. The maximum absolute atomic E-state index is 12.2. The maximum Gasteiger partial charge on any atom is 0.418 e. The Balaban J connectivity index is 1.88. The SMILES string of the molecule is CC(C)[C@@H](CO)Nc1cc(NC(=O)Oc2cccnc2)n2ncc(Br)c2n1. The van der Waals surface area contributed by atoms with Crippen LogP contribution in [0.25, 0.3) is 5.65 Å². The van der Waals surface area contributed by atoms with Crippen LogP contribution in [0.5, 0.6) is 5.75 Å². The van der Waals surface area contributed by atoms with Gasteiger partial charge in [0.2, 0.25) is 0 Å². The Morgan fingerprint density at radius 2 is 2.22 bits per heavy atom. The first-order valence-corrected chi connectivity index (χ1v) is 9.07. The van der Waals surface area contributed by atoms with Gasteiger partial charge in [0.05, 0.1) is 29.5 Å². The van der Waals surface area contributed by atoms with E-state index >= 15 is 0 Å². The van der Waals surface area contributed by atoms with Crippen molar-refractivity contribution in [3.63, 3.8) is 0 Å². The van der Waals surface area contributed by atoms with Gasteiger partial charge in [0.1, 0.15) is 11.6 Å². The Morgan fingerprint density at radius 1 is 1.41 bits per heavy atom. The lowest BCUT2D eigenvalue weighted by atomic mass is 10.1. The topological polar surface area (TPSA) is 114 Å². The third-order valence-electron chi connectivity index (χ3n) is 3.84. The molecule has 0 bridgehead atoms. The van der Waals surface area contributed by atoms with E-state index < -0.39 is 6.09 Å². The van der Waals surface area contributed by atoms with Gasteiger partial charge in [0, 0.05) is 12.3 Å². The highest BCUT2D eigenvalue weighted by molar-refractivity contribution is 9.10. The number of hydrogen-bond acceptors (Lipinski definition) is 7. The van der Waals surface area contributed by atoms with E-state index in [1.54, 1.807) is 30.6 Å². The quantitative estimate of drug-likeness (QED) is 0.546. The number of hydrogen-bond donors (Lipinski definition) is 3. The van der Waals surface area contributed by atoms with Crippen LogP contribution >= 0.6 is 15.9 Å². The summed E-state index contributed by atoms with van der Waals surface area (Å²) in [5.41, 5.74) is 0.511. The number of nitrogens with zero attached hydrogens (tertiary/aromatic N) is 4. The van der Waals surface area contributed by atoms with Crippen molar-refractivity contribution in [3.05, 3.63) is 41.3 Å². The van der Waals surface area contributed by atoms with Crippen LogP contribution in [0.3, 0.4) is 0 Å². The number of nitrogens with one attached hydrogen (secondary N) is 2. The molecule has 0 aliphatic rings. The molecule has 3 heterocycles. The van der Waals surface area contributed by atoms with Gasteiger partial charge in [-0.3, -0.25) is 10.3 Å². The Bertz CT molecular complexity index is 931. The molecule has 3 aromatic rings. The molecule has 0 fully saturated rings. The molecule has 3 N–H and O–H groups in total. The predicted octanol–water partition coefficient (Wildman–Crippen LogP) is 2.93. The number of fused-ring (bicyclic) bond motifs is 1. The summed E-state index contributed by atoms with van der Waals surface area (Å²) in [6.45, 7) is 3.94. The highest BCUT2D eigenvalue weighted by Gasteiger charge is 2.17. The summed E-state index contributed by atoms with van der Waals surface area (Å²) in [4.78, 5) is 20.6. The summed E-state index contributed by atoms with van der Waals surface area (Å²) < 4.78 is 7.35. The minimum absolute atomic E-state index is 0.0449. The number of carbonyl (C=O) groups is 1. The zero-order chi connectivity index (χ0) is 19.4. The number of carbonyl (C=O) groups excluding carboxylic acids is 1. The van der Waals surface area contributed by atoms with Gasteiger partial charge in [-0.15, -0.1) is 0 Å². The molecule has 3 rings (SSSR count). The molecule has 0 saturated carbocycles. The van der Waals surface area contributed by atoms with Crippen LogP contribution in [-0.2, 0) is 0 Å². The number of aromatic nitrogens is 4. The number of aliphatic hydroxyl groups is 1. The van der Waals surface area contributed by atoms with Crippen molar-refractivity contribution in [3.8, 4) is 5.75 Å². The molecular weight excluding hydrogens is 416 g/mol. The molecule has 142 valence electrons. The molecule has 1 amide bonds. The van der Waals surface area contributed by atoms with E-state index in [2.05, 4.69) is 41.6 Å². The van der Waals surface area contributed by atoms with E-state index in [0.29, 0.717) is 27.5 Å². The standard InChI is InChI=1S/C17H19BrN6O3/c1-10(2)13(9-25)21-14-6-15(24-16(22-14)12(18)8-20-24)23-17(26)27-11-4-3-5-19-7-11/h3-8,10,13,25H,9H2,1-2H3,(H,21,22)(H,23,26)/t13-/m1/s1. The first kappa shape index (κ1) is 19.1. The van der Waals surface area contributed by atoms with E-state index in [0.717, 1.165) is 0 Å². The second-order valence-electron chi connectivity index (χ2n) is 6.14. The average molecular weight is 435 g/mol. The van der Waals surface area contributed by atoms with Gasteiger partial charge in [-0.2, -0.15) is 9.61 Å². The largest absolute Gasteiger partial charge is 0.418 e. The van der Waals surface area contributed by atoms with Gasteiger partial charge in [0.25, 0.3) is 0 Å². The lowest BCUT2D eigenvalue weighted by Crippen LogP contribution is -2.30. The van der Waals surface area contributed by atoms with Crippen LogP contribution in [-0.4, -0.2) is 43.4 Å². The van der Waals surface area contributed by atoms with Gasteiger partial charge >= 0.3 is 6.09 Å². The number of anilines is 2. The molecule has 0 spiro atoms. The number of halogens is 1. The maximum atomic E-state index is 12.2. The van der Waals surface area contributed by atoms with Crippen LogP contribution in [0.4, 0.5) is 16.4 Å². The smallest absolute Gasteiger partial charge is 0.408 e. The lowest BCUT2D eigenvalue weighted by Gasteiger charge is -2.21. The molecule has 27 heavy (non-hydrogen) atoms. The first-order chi connectivity index (χ1) is 13.0. The van der Waals surface area contributed by atoms with E-state index in [-0.39, 0.29) is 18.6 Å². The van der Waals surface area contributed by atoms with Gasteiger partial charge in [-0.05, 0) is 34.0 Å². The number of aliphatic hydroxyl groups excluding tert-OH is 1. The summed E-state index contributed by atoms with van der Waals surface area (Å²) in [5, 5.41) is 19.6. The third-order valence-corrected chi connectivity index (χ3v) is 4.40. The van der Waals surface area contributed by atoms with E-state index in [9.17, 15) is 9.90 Å². The van der Waals surface area contributed by atoms with E-state index in [4.69, 9.17) is 4.74 Å². The molecule has 1 atom stereocenters. The van der Waals surface area contributed by atoms with Crippen LogP contribution < -0.4 is 15.4 Å². The van der Waals surface area contributed by atoms with Crippen LogP contribution in [0.15, 0.2) is 41.3 Å². The Morgan fingerprint density at radius 3 is 2.89 bits per heavy atom. The van der Waals surface area contributed by atoms with Crippen LogP contribution in [0.2, 0.25) is 0 Å². The van der Waals surface area contributed by atoms with Crippen molar-refractivity contribution in [2.24, 2.45) is 5.92 Å². The third kappa shape index (κ3) is 4.52. The number of pyridine rings is 1. The highest BCUT2D eigenvalue weighted by Crippen LogP contribution is 2.23. The Hall–Kier alpha value is -2.72. The van der Waals surface area contributed by atoms with Gasteiger partial charge < -0.3 is 15.2 Å². The zero-order valence-electron chi connectivity index (χ0n) is 14.8. The molecule has 9 nitrogen and oxygen atoms in total. The van der Waals surface area contributed by atoms with Crippen molar-refractivity contribution in [1.29, 1.82) is 0 Å². The second kappa shape index (κ2) is 8.31. The molecule has 0 unspecified atom stereocenters. The summed E-state index contributed by atoms with van der Waals surface area (Å²) in [5.74, 6) is 1.37. The van der Waals surface area contributed by atoms with Crippen molar-refractivity contribution in [2.45, 2.75) is 19.9 Å². The molecule has 10 heteroatoms. The van der Waals surface area contributed by atoms with E-state index in [1.165, 1.54) is 10.7 Å². The minimum atomic E-state index is -0.685. The molecule has 0 aliphatic heterocycles. The molecule has 0 radical (unpaired) electrons. The minimum Gasteiger partial charge on any atom is -0.408 e. The molecule has 3 aromatic heterocycles. The monoisotopic (exact) mass is 434 g/mol. The Labute approximate surface area is 163 Å². The van der Waals surface area contributed by atoms with Crippen molar-refractivity contribution < 1.29 is 14.6 Å². The van der Waals surface area contributed by atoms with Crippen molar-refractivity contribution in [2.75, 3.05) is 17.2 Å².